The van der Waals surface area contributed by atoms with E-state index in [0.717, 1.165) is 11.3 Å². The lowest BCUT2D eigenvalue weighted by molar-refractivity contribution is 0.474. The Morgan fingerprint density at radius 1 is 1.31 bits per heavy atom. The summed E-state index contributed by atoms with van der Waals surface area (Å²) in [6, 6.07) is 8.41. The highest BCUT2D eigenvalue weighted by Crippen LogP contribution is 2.27. The van der Waals surface area contributed by atoms with Crippen LogP contribution >= 0.6 is 23.6 Å². The minimum Gasteiger partial charge on any atom is -0.356 e. The maximum atomic E-state index is 11.7. The molecule has 26 heavy (non-hydrogen) atoms. The van der Waals surface area contributed by atoms with Crippen LogP contribution in [0.2, 0.25) is 0 Å². The van der Waals surface area contributed by atoms with Gasteiger partial charge in [0.2, 0.25) is 0 Å². The van der Waals surface area contributed by atoms with Crippen LogP contribution in [0.4, 0.5) is 5.13 Å². The summed E-state index contributed by atoms with van der Waals surface area (Å²) in [5.74, 6) is 0.806. The molecule has 0 radical (unpaired) electrons. The summed E-state index contributed by atoms with van der Waals surface area (Å²) in [5.41, 5.74) is 2.74. The first kappa shape index (κ1) is 19.3. The number of nitrogens with one attached hydrogen (secondary N) is 2. The summed E-state index contributed by atoms with van der Waals surface area (Å²) in [4.78, 5) is 4.58. The van der Waals surface area contributed by atoms with E-state index in [1.807, 2.05) is 12.3 Å². The lowest BCUT2D eigenvalue weighted by Gasteiger charge is -2.25. The van der Waals surface area contributed by atoms with Crippen LogP contribution in [0.3, 0.4) is 0 Å². The van der Waals surface area contributed by atoms with E-state index in [9.17, 15) is 8.42 Å². The summed E-state index contributed by atoms with van der Waals surface area (Å²) >= 11 is 6.81. The van der Waals surface area contributed by atoms with Gasteiger partial charge < -0.3 is 10.6 Å². The highest BCUT2D eigenvalue weighted by molar-refractivity contribution is 7.91. The van der Waals surface area contributed by atoms with Crippen molar-refractivity contribution in [3.05, 3.63) is 35.2 Å². The van der Waals surface area contributed by atoms with Crippen molar-refractivity contribution in [2.45, 2.75) is 38.6 Å². The summed E-state index contributed by atoms with van der Waals surface area (Å²) in [7, 11) is -2.98. The number of thiocarbonyl (C=S) groups is 1. The molecule has 1 atom stereocenters. The maximum absolute atomic E-state index is 11.7. The van der Waals surface area contributed by atoms with Gasteiger partial charge in [-0.25, -0.2) is 13.4 Å². The lowest BCUT2D eigenvalue weighted by Crippen LogP contribution is -2.48. The molecule has 5 nitrogen and oxygen atoms in total. The van der Waals surface area contributed by atoms with E-state index in [2.05, 4.69) is 53.7 Å². The normalized spacial score (nSPS) is 21.7. The zero-order valence-electron chi connectivity index (χ0n) is 15.1. The highest BCUT2D eigenvalue weighted by atomic mass is 32.2. The predicted molar refractivity (Wildman–Crippen MR) is 113 cm³/mol. The Kier molecular flexibility index (Phi) is 5.37. The third kappa shape index (κ3) is 4.61. The molecule has 2 N–H and O–H groups in total. The smallest absolute Gasteiger partial charge is 0.189 e. The van der Waals surface area contributed by atoms with Crippen molar-refractivity contribution >= 4 is 43.6 Å². The van der Waals surface area contributed by atoms with Crippen LogP contribution in [0.1, 0.15) is 38.7 Å². The fourth-order valence-corrected chi connectivity index (χ4v) is 6.24. The molecule has 140 valence electrons. The second-order valence-corrected chi connectivity index (χ2v) is 10.7. The van der Waals surface area contributed by atoms with Crippen molar-refractivity contribution in [3.63, 3.8) is 0 Å². The first-order valence-corrected chi connectivity index (χ1v) is 11.6. The summed E-state index contributed by atoms with van der Waals surface area (Å²) in [6.45, 7) is 6.23. The standard InChI is InChI=1S/C18H23N3O2S3/c1-12(2)13-4-6-14(7-5-13)15-10-25-17(19-15)20-16(24)21-18(3)8-9-26(22,23)11-18/h4-7,10,12H,8-9,11H2,1-3H3,(H2,19,20,21,24)/t18-/m1/s1. The Bertz CT molecular complexity index is 904. The van der Waals surface area contributed by atoms with Gasteiger partial charge in [-0.1, -0.05) is 38.1 Å². The SMILES string of the molecule is CC(C)c1ccc(-c2csc(NC(=S)N[C@]3(C)CCS(=O)(=O)C3)n2)cc1. The monoisotopic (exact) mass is 409 g/mol. The van der Waals surface area contributed by atoms with Crippen LogP contribution in [0.5, 0.6) is 0 Å². The molecule has 1 aromatic heterocycles. The molecular formula is C18H23N3O2S3. The Hall–Kier alpha value is -1.51. The molecular weight excluding hydrogens is 386 g/mol. The number of sulfone groups is 1. The summed E-state index contributed by atoms with van der Waals surface area (Å²) < 4.78 is 23.4. The number of thiazole rings is 1. The molecule has 3 rings (SSSR count). The molecule has 1 fully saturated rings. The second-order valence-electron chi connectivity index (χ2n) is 7.30. The molecule has 0 spiro atoms. The second kappa shape index (κ2) is 7.25. The number of hydrogen-bond acceptors (Lipinski definition) is 5. The van der Waals surface area contributed by atoms with Gasteiger partial charge in [0, 0.05) is 10.9 Å². The molecule has 1 aliphatic heterocycles. The molecule has 0 saturated carbocycles. The van der Waals surface area contributed by atoms with E-state index in [0.29, 0.717) is 22.6 Å². The third-order valence-corrected chi connectivity index (χ3v) is 7.38. The van der Waals surface area contributed by atoms with Crippen molar-refractivity contribution in [1.29, 1.82) is 0 Å². The molecule has 8 heteroatoms. The first-order valence-electron chi connectivity index (χ1n) is 8.51. The minimum atomic E-state index is -2.98. The fourth-order valence-electron chi connectivity index (χ4n) is 3.01. The van der Waals surface area contributed by atoms with Crippen LogP contribution in [-0.4, -0.2) is 35.6 Å². The van der Waals surface area contributed by atoms with Crippen molar-refractivity contribution < 1.29 is 8.42 Å². The van der Waals surface area contributed by atoms with Gasteiger partial charge in [-0.05, 0) is 37.0 Å². The number of hydrogen-bond donors (Lipinski definition) is 2. The van der Waals surface area contributed by atoms with Crippen molar-refractivity contribution in [2.75, 3.05) is 16.8 Å². The quantitative estimate of drug-likeness (QED) is 0.749. The Morgan fingerprint density at radius 2 is 2.00 bits per heavy atom. The molecule has 1 aliphatic rings. The molecule has 0 aliphatic carbocycles. The Balaban J connectivity index is 1.64. The Morgan fingerprint density at radius 3 is 2.58 bits per heavy atom. The number of benzene rings is 1. The minimum absolute atomic E-state index is 0.104. The summed E-state index contributed by atoms with van der Waals surface area (Å²) in [5, 5.41) is 9.29. The van der Waals surface area contributed by atoms with Gasteiger partial charge in [0.05, 0.1) is 22.7 Å². The van der Waals surface area contributed by atoms with Gasteiger partial charge in [0.1, 0.15) is 0 Å². The average molecular weight is 410 g/mol. The molecule has 2 heterocycles. The summed E-state index contributed by atoms with van der Waals surface area (Å²) in [6.07, 6.45) is 0.558. The Labute approximate surface area is 164 Å². The fraction of sp³-hybridized carbons (Fsp3) is 0.444. The molecule has 0 unspecified atom stereocenters. The van der Waals surface area contributed by atoms with Gasteiger partial charge in [0.25, 0.3) is 0 Å². The number of nitrogens with zero attached hydrogens (tertiary/aromatic N) is 1. The van der Waals surface area contributed by atoms with E-state index >= 15 is 0 Å². The largest absolute Gasteiger partial charge is 0.356 e. The van der Waals surface area contributed by atoms with Gasteiger partial charge in [-0.2, -0.15) is 0 Å². The van der Waals surface area contributed by atoms with E-state index in [-0.39, 0.29) is 11.5 Å². The molecule has 1 saturated heterocycles. The third-order valence-electron chi connectivity index (χ3n) is 4.52. The van der Waals surface area contributed by atoms with E-state index in [1.54, 1.807) is 0 Å². The maximum Gasteiger partial charge on any atom is 0.189 e. The average Bonchev–Trinajstić information content (AvgIpc) is 3.11. The van der Waals surface area contributed by atoms with Crippen molar-refractivity contribution in [1.82, 2.24) is 10.3 Å². The molecule has 1 aromatic carbocycles. The van der Waals surface area contributed by atoms with Gasteiger partial charge >= 0.3 is 0 Å². The predicted octanol–water partition coefficient (Wildman–Crippen LogP) is 3.80. The number of aromatic nitrogens is 1. The van der Waals surface area contributed by atoms with E-state index in [1.165, 1.54) is 16.9 Å². The van der Waals surface area contributed by atoms with Crippen molar-refractivity contribution in [3.8, 4) is 11.3 Å². The van der Waals surface area contributed by atoms with Crippen molar-refractivity contribution in [2.24, 2.45) is 0 Å². The lowest BCUT2D eigenvalue weighted by atomic mass is 10.0. The van der Waals surface area contributed by atoms with Gasteiger partial charge in [0.15, 0.2) is 20.1 Å². The van der Waals surface area contributed by atoms with Crippen LogP contribution in [0.25, 0.3) is 11.3 Å². The first-order chi connectivity index (χ1) is 12.2. The molecule has 0 bridgehead atoms. The van der Waals surface area contributed by atoms with Crippen LogP contribution < -0.4 is 10.6 Å². The van der Waals surface area contributed by atoms with Crippen LogP contribution in [-0.2, 0) is 9.84 Å². The number of anilines is 1. The van der Waals surface area contributed by atoms with E-state index < -0.39 is 15.4 Å². The molecule has 0 amide bonds. The topological polar surface area (TPSA) is 71.1 Å². The zero-order chi connectivity index (χ0) is 18.9. The van der Waals surface area contributed by atoms with E-state index in [4.69, 9.17) is 12.2 Å². The highest BCUT2D eigenvalue weighted by Gasteiger charge is 2.38. The van der Waals surface area contributed by atoms with Crippen LogP contribution in [0, 0.1) is 0 Å². The van der Waals surface area contributed by atoms with Crippen LogP contribution in [0.15, 0.2) is 29.6 Å². The zero-order valence-corrected chi connectivity index (χ0v) is 17.5. The molecule has 2 aromatic rings. The van der Waals surface area contributed by atoms with Gasteiger partial charge in [-0.15, -0.1) is 11.3 Å². The van der Waals surface area contributed by atoms with Gasteiger partial charge in [-0.3, -0.25) is 0 Å². The number of rotatable bonds is 4.